The molecule has 0 bridgehead atoms. The summed E-state index contributed by atoms with van der Waals surface area (Å²) in [6.07, 6.45) is 3.46. The quantitative estimate of drug-likeness (QED) is 0.623. The molecule has 0 aromatic heterocycles. The first kappa shape index (κ1) is 23.8. The fourth-order valence-corrected chi connectivity index (χ4v) is 4.07. The van der Waals surface area contributed by atoms with Crippen molar-refractivity contribution in [2.75, 3.05) is 29.9 Å². The van der Waals surface area contributed by atoms with Gasteiger partial charge in [0.1, 0.15) is 0 Å². The molecule has 2 N–H and O–H groups in total. The highest BCUT2D eigenvalue weighted by atomic mass is 16.2. The molecular weight excluding hydrogens is 398 g/mol. The van der Waals surface area contributed by atoms with Gasteiger partial charge in [0.15, 0.2) is 0 Å². The number of piperidine rings is 1. The van der Waals surface area contributed by atoms with Crippen molar-refractivity contribution in [1.29, 1.82) is 0 Å². The fraction of sp³-hybridized carbons (Fsp3) is 0.481. The second-order valence-electron chi connectivity index (χ2n) is 10.2. The molecule has 2 aromatic rings. The molecule has 32 heavy (non-hydrogen) atoms. The molecule has 1 heterocycles. The van der Waals surface area contributed by atoms with Gasteiger partial charge in [-0.05, 0) is 54.4 Å². The van der Waals surface area contributed by atoms with Gasteiger partial charge >= 0.3 is 0 Å². The van der Waals surface area contributed by atoms with Gasteiger partial charge in [0.2, 0.25) is 5.91 Å². The Morgan fingerprint density at radius 3 is 2.38 bits per heavy atom. The van der Waals surface area contributed by atoms with Crippen LogP contribution in [-0.4, -0.2) is 31.4 Å². The van der Waals surface area contributed by atoms with Gasteiger partial charge in [-0.15, -0.1) is 0 Å². The summed E-state index contributed by atoms with van der Waals surface area (Å²) in [4.78, 5) is 27.9. The van der Waals surface area contributed by atoms with Crippen molar-refractivity contribution in [1.82, 2.24) is 5.32 Å². The van der Waals surface area contributed by atoms with Crippen LogP contribution in [0.3, 0.4) is 0 Å². The van der Waals surface area contributed by atoms with Crippen LogP contribution >= 0.6 is 0 Å². The summed E-state index contributed by atoms with van der Waals surface area (Å²) in [7, 11) is 0. The molecule has 0 unspecified atom stereocenters. The first-order valence-corrected chi connectivity index (χ1v) is 11.7. The van der Waals surface area contributed by atoms with E-state index in [0.29, 0.717) is 30.1 Å². The Kier molecular flexibility index (Phi) is 7.94. The smallest absolute Gasteiger partial charge is 0.253 e. The number of hydrogen-bond donors (Lipinski definition) is 2. The van der Waals surface area contributed by atoms with Gasteiger partial charge in [-0.2, -0.15) is 0 Å². The molecule has 5 heteroatoms. The van der Waals surface area contributed by atoms with Crippen LogP contribution in [0.4, 0.5) is 11.4 Å². The van der Waals surface area contributed by atoms with Gasteiger partial charge in [-0.25, -0.2) is 0 Å². The van der Waals surface area contributed by atoms with Crippen LogP contribution in [0.15, 0.2) is 48.5 Å². The van der Waals surface area contributed by atoms with E-state index in [2.05, 4.69) is 34.6 Å². The summed E-state index contributed by atoms with van der Waals surface area (Å²) in [5, 5.41) is 6.05. The first-order chi connectivity index (χ1) is 15.2. The highest BCUT2D eigenvalue weighted by Crippen LogP contribution is 2.29. The van der Waals surface area contributed by atoms with E-state index in [4.69, 9.17) is 0 Å². The number of carbonyl (C=O) groups excluding carboxylic acids is 2. The van der Waals surface area contributed by atoms with Gasteiger partial charge in [0.05, 0.1) is 5.56 Å². The summed E-state index contributed by atoms with van der Waals surface area (Å²) in [5.41, 5.74) is 3.35. The highest BCUT2D eigenvalue weighted by molar-refractivity contribution is 6.02. The lowest BCUT2D eigenvalue weighted by atomic mass is 9.92. The Bertz CT molecular complexity index is 910. The number of nitrogens with zero attached hydrogens (tertiary/aromatic N) is 1. The minimum absolute atomic E-state index is 0.0347. The lowest BCUT2D eigenvalue weighted by molar-refractivity contribution is -0.117. The maximum Gasteiger partial charge on any atom is 0.253 e. The van der Waals surface area contributed by atoms with E-state index in [1.807, 2.05) is 57.2 Å². The van der Waals surface area contributed by atoms with Crippen LogP contribution < -0.4 is 15.5 Å². The molecule has 1 fully saturated rings. The molecule has 1 aliphatic heterocycles. The normalized spacial score (nSPS) is 14.8. The largest absolute Gasteiger partial charge is 0.371 e. The second-order valence-corrected chi connectivity index (χ2v) is 10.2. The van der Waals surface area contributed by atoms with Gasteiger partial charge in [-0.1, -0.05) is 58.0 Å². The van der Waals surface area contributed by atoms with Crippen LogP contribution in [-0.2, 0) is 11.2 Å². The molecule has 3 rings (SSSR count). The molecule has 5 nitrogen and oxygen atoms in total. The molecule has 1 saturated heterocycles. The molecule has 0 spiro atoms. The summed E-state index contributed by atoms with van der Waals surface area (Å²) in [5.74, 6) is 0.583. The van der Waals surface area contributed by atoms with E-state index in [1.54, 1.807) is 0 Å². The molecule has 172 valence electrons. The zero-order valence-electron chi connectivity index (χ0n) is 19.9. The van der Waals surface area contributed by atoms with Gasteiger partial charge in [0, 0.05) is 37.4 Å². The Morgan fingerprint density at radius 2 is 1.72 bits per heavy atom. The number of carbonyl (C=O) groups is 2. The zero-order valence-corrected chi connectivity index (χ0v) is 19.9. The van der Waals surface area contributed by atoms with Crippen LogP contribution in [0.1, 0.15) is 62.9 Å². The first-order valence-electron chi connectivity index (χ1n) is 11.7. The Morgan fingerprint density at radius 1 is 1.03 bits per heavy atom. The van der Waals surface area contributed by atoms with Crippen LogP contribution in [0, 0.1) is 11.3 Å². The number of rotatable bonds is 7. The summed E-state index contributed by atoms with van der Waals surface area (Å²) in [6, 6.07) is 15.9. The average Bonchev–Trinajstić information content (AvgIpc) is 2.74. The van der Waals surface area contributed by atoms with E-state index in [1.165, 1.54) is 5.56 Å². The van der Waals surface area contributed by atoms with Crippen LogP contribution in [0.25, 0.3) is 0 Å². The predicted molar refractivity (Wildman–Crippen MR) is 132 cm³/mol. The molecule has 0 aliphatic carbocycles. The minimum Gasteiger partial charge on any atom is -0.371 e. The van der Waals surface area contributed by atoms with Crippen LogP contribution in [0.5, 0.6) is 0 Å². The maximum atomic E-state index is 13.2. The number of anilines is 2. The Balaban J connectivity index is 1.75. The predicted octanol–water partition coefficient (Wildman–Crippen LogP) is 5.27. The van der Waals surface area contributed by atoms with E-state index in [-0.39, 0.29) is 17.2 Å². The average molecular weight is 436 g/mol. The van der Waals surface area contributed by atoms with E-state index in [9.17, 15) is 9.59 Å². The van der Waals surface area contributed by atoms with Crippen molar-refractivity contribution in [3.05, 3.63) is 59.7 Å². The molecular formula is C27H37N3O2. The van der Waals surface area contributed by atoms with Gasteiger partial charge in [0.25, 0.3) is 5.91 Å². The van der Waals surface area contributed by atoms with Crippen molar-refractivity contribution >= 4 is 23.2 Å². The lowest BCUT2D eigenvalue weighted by Crippen LogP contribution is -2.35. The molecule has 2 aromatic carbocycles. The molecule has 1 aliphatic rings. The van der Waals surface area contributed by atoms with Gasteiger partial charge < -0.3 is 15.5 Å². The molecule has 0 radical (unpaired) electrons. The van der Waals surface area contributed by atoms with E-state index in [0.717, 1.165) is 38.0 Å². The zero-order chi connectivity index (χ0) is 23.1. The van der Waals surface area contributed by atoms with Crippen molar-refractivity contribution in [3.63, 3.8) is 0 Å². The fourth-order valence-electron chi connectivity index (χ4n) is 4.07. The number of benzene rings is 2. The van der Waals surface area contributed by atoms with Crippen molar-refractivity contribution in [3.8, 4) is 0 Å². The molecule has 0 atom stereocenters. The molecule has 2 amide bonds. The SMILES string of the molecule is CC1CCN(c2ccc(NC(=O)CC(C)(C)C)cc2C(=O)NCCc2ccccc2)CC1. The Hall–Kier alpha value is -2.82. The van der Waals surface area contributed by atoms with E-state index >= 15 is 0 Å². The molecule has 0 saturated carbocycles. The third-order valence-corrected chi connectivity index (χ3v) is 5.88. The van der Waals surface area contributed by atoms with Crippen molar-refractivity contribution < 1.29 is 9.59 Å². The van der Waals surface area contributed by atoms with Crippen LogP contribution in [0.2, 0.25) is 0 Å². The third kappa shape index (κ3) is 7.11. The minimum atomic E-state index is -0.0959. The third-order valence-electron chi connectivity index (χ3n) is 5.88. The van der Waals surface area contributed by atoms with Crippen molar-refractivity contribution in [2.24, 2.45) is 11.3 Å². The topological polar surface area (TPSA) is 61.4 Å². The highest BCUT2D eigenvalue weighted by Gasteiger charge is 2.22. The standard InChI is InChI=1S/C27H37N3O2/c1-20-13-16-30(17-14-20)24-11-10-22(29-25(31)19-27(2,3)4)18-23(24)26(32)28-15-12-21-8-6-5-7-9-21/h5-11,18,20H,12-17,19H2,1-4H3,(H,28,32)(H,29,31). The number of hydrogen-bond acceptors (Lipinski definition) is 3. The monoisotopic (exact) mass is 435 g/mol. The second kappa shape index (κ2) is 10.7. The summed E-state index contributed by atoms with van der Waals surface area (Å²) < 4.78 is 0. The Labute approximate surface area is 192 Å². The van der Waals surface area contributed by atoms with E-state index < -0.39 is 0 Å². The number of amides is 2. The maximum absolute atomic E-state index is 13.2. The van der Waals surface area contributed by atoms with Gasteiger partial charge in [-0.3, -0.25) is 9.59 Å². The van der Waals surface area contributed by atoms with Crippen molar-refractivity contribution in [2.45, 2.75) is 53.4 Å². The summed E-state index contributed by atoms with van der Waals surface area (Å²) >= 11 is 0. The number of nitrogens with one attached hydrogen (secondary N) is 2. The lowest BCUT2D eigenvalue weighted by Gasteiger charge is -2.33. The summed E-state index contributed by atoms with van der Waals surface area (Å²) in [6.45, 7) is 10.9.